The molecule has 0 amide bonds. The Morgan fingerprint density at radius 1 is 1.04 bits per heavy atom. The number of anilines is 1. The number of aromatic nitrogens is 2. The van der Waals surface area contributed by atoms with Crippen LogP contribution in [0.15, 0.2) is 36.8 Å². The number of halogens is 3. The monoisotopic (exact) mass is 337 g/mol. The molecule has 3 rings (SSSR count). The fourth-order valence-electron chi connectivity index (χ4n) is 2.87. The van der Waals surface area contributed by atoms with Crippen LogP contribution in [0.2, 0.25) is 0 Å². The maximum Gasteiger partial charge on any atom is 0.417 e. The van der Waals surface area contributed by atoms with Crippen molar-refractivity contribution >= 4 is 5.82 Å². The molecule has 1 aliphatic carbocycles. The van der Waals surface area contributed by atoms with Crippen LogP contribution in [-0.4, -0.2) is 27.2 Å². The predicted molar refractivity (Wildman–Crippen MR) is 84.4 cm³/mol. The number of aliphatic hydroxyl groups is 1. The Morgan fingerprint density at radius 2 is 1.83 bits per heavy atom. The topological polar surface area (TPSA) is 58.0 Å². The van der Waals surface area contributed by atoms with Crippen molar-refractivity contribution in [3.63, 3.8) is 0 Å². The summed E-state index contributed by atoms with van der Waals surface area (Å²) in [5.74, 6) is 0.602. The third-order valence-electron chi connectivity index (χ3n) is 4.23. The molecule has 1 fully saturated rings. The van der Waals surface area contributed by atoms with Crippen molar-refractivity contribution in [2.75, 3.05) is 5.32 Å². The van der Waals surface area contributed by atoms with Gasteiger partial charge in [-0.05, 0) is 31.0 Å². The molecule has 0 spiro atoms. The number of nitrogens with one attached hydrogen (secondary N) is 1. The van der Waals surface area contributed by atoms with Gasteiger partial charge in [-0.2, -0.15) is 13.2 Å². The third-order valence-corrected chi connectivity index (χ3v) is 4.23. The summed E-state index contributed by atoms with van der Waals surface area (Å²) in [4.78, 5) is 7.90. The number of nitrogens with zero attached hydrogens (tertiary/aromatic N) is 2. The first-order valence-electron chi connectivity index (χ1n) is 7.87. The molecular formula is C17H18F3N3O. The maximum absolute atomic E-state index is 12.8. The van der Waals surface area contributed by atoms with Gasteiger partial charge in [0.2, 0.25) is 0 Å². The van der Waals surface area contributed by atoms with Gasteiger partial charge < -0.3 is 10.4 Å². The second-order valence-corrected chi connectivity index (χ2v) is 5.99. The van der Waals surface area contributed by atoms with Crippen LogP contribution in [0, 0.1) is 0 Å². The van der Waals surface area contributed by atoms with Crippen molar-refractivity contribution in [3.05, 3.63) is 42.4 Å². The van der Waals surface area contributed by atoms with Crippen molar-refractivity contribution in [1.29, 1.82) is 0 Å². The molecule has 1 saturated carbocycles. The van der Waals surface area contributed by atoms with Gasteiger partial charge in [0.1, 0.15) is 5.82 Å². The molecule has 0 unspecified atom stereocenters. The molecule has 24 heavy (non-hydrogen) atoms. The molecule has 2 aromatic rings. The van der Waals surface area contributed by atoms with Crippen LogP contribution in [0.3, 0.4) is 0 Å². The Balaban J connectivity index is 1.75. The first-order chi connectivity index (χ1) is 11.4. The third kappa shape index (κ3) is 3.84. The second kappa shape index (κ2) is 6.76. The minimum Gasteiger partial charge on any atom is -0.391 e. The molecule has 7 heteroatoms. The molecule has 1 aliphatic rings. The molecule has 2 N–H and O–H groups in total. The van der Waals surface area contributed by atoms with Crippen molar-refractivity contribution in [2.24, 2.45) is 0 Å². The van der Waals surface area contributed by atoms with Crippen molar-refractivity contribution in [3.8, 4) is 11.1 Å². The summed E-state index contributed by atoms with van der Waals surface area (Å²) in [6.45, 7) is 0. The van der Waals surface area contributed by atoms with E-state index in [4.69, 9.17) is 0 Å². The average molecular weight is 337 g/mol. The van der Waals surface area contributed by atoms with Crippen LogP contribution in [-0.2, 0) is 6.18 Å². The molecule has 2 heterocycles. The summed E-state index contributed by atoms with van der Waals surface area (Å²) in [5.41, 5.74) is 0.137. The quantitative estimate of drug-likeness (QED) is 0.892. The van der Waals surface area contributed by atoms with E-state index in [9.17, 15) is 18.3 Å². The van der Waals surface area contributed by atoms with Gasteiger partial charge in [0.15, 0.2) is 0 Å². The highest BCUT2D eigenvalue weighted by Crippen LogP contribution is 2.31. The van der Waals surface area contributed by atoms with E-state index in [1.807, 2.05) is 0 Å². The molecule has 4 nitrogen and oxygen atoms in total. The lowest BCUT2D eigenvalue weighted by atomic mass is 9.92. The van der Waals surface area contributed by atoms with Gasteiger partial charge in [0.25, 0.3) is 0 Å². The number of pyridine rings is 2. The van der Waals surface area contributed by atoms with Crippen LogP contribution in [0.5, 0.6) is 0 Å². The SMILES string of the molecule is O[C@H]1CCCC[C@@H]1Nc1ccc(-c2cncc(C(F)(F)F)c2)cn1. The van der Waals surface area contributed by atoms with E-state index in [0.29, 0.717) is 16.9 Å². The highest BCUT2D eigenvalue weighted by Gasteiger charge is 2.31. The van der Waals surface area contributed by atoms with Gasteiger partial charge in [0.05, 0.1) is 17.7 Å². The smallest absolute Gasteiger partial charge is 0.391 e. The number of aliphatic hydroxyl groups excluding tert-OH is 1. The molecule has 0 saturated heterocycles. The van der Waals surface area contributed by atoms with E-state index < -0.39 is 17.8 Å². The zero-order valence-electron chi connectivity index (χ0n) is 12.9. The van der Waals surface area contributed by atoms with Crippen LogP contribution in [0.1, 0.15) is 31.2 Å². The fourth-order valence-corrected chi connectivity index (χ4v) is 2.87. The van der Waals surface area contributed by atoms with E-state index in [1.165, 1.54) is 12.4 Å². The summed E-state index contributed by atoms with van der Waals surface area (Å²) >= 11 is 0. The molecule has 0 radical (unpaired) electrons. The fraction of sp³-hybridized carbons (Fsp3) is 0.412. The normalized spacial score (nSPS) is 21.5. The minimum absolute atomic E-state index is 0.0349. The summed E-state index contributed by atoms with van der Waals surface area (Å²) in [6, 6.07) is 4.42. The van der Waals surface area contributed by atoms with Crippen molar-refractivity contribution in [2.45, 2.75) is 44.0 Å². The molecule has 128 valence electrons. The Labute approximate surface area is 137 Å². The van der Waals surface area contributed by atoms with Gasteiger partial charge in [-0.25, -0.2) is 4.98 Å². The first kappa shape index (κ1) is 16.7. The van der Waals surface area contributed by atoms with E-state index in [-0.39, 0.29) is 6.04 Å². The Morgan fingerprint density at radius 3 is 2.50 bits per heavy atom. The molecular weight excluding hydrogens is 319 g/mol. The molecule has 0 aliphatic heterocycles. The Kier molecular flexibility index (Phi) is 4.71. The van der Waals surface area contributed by atoms with Gasteiger partial charge in [-0.1, -0.05) is 12.8 Å². The molecule has 2 aromatic heterocycles. The van der Waals surface area contributed by atoms with E-state index in [2.05, 4.69) is 15.3 Å². The Bertz CT molecular complexity index is 688. The van der Waals surface area contributed by atoms with E-state index in [0.717, 1.165) is 37.9 Å². The highest BCUT2D eigenvalue weighted by molar-refractivity contribution is 5.63. The molecule has 0 aromatic carbocycles. The largest absolute Gasteiger partial charge is 0.417 e. The van der Waals surface area contributed by atoms with Gasteiger partial charge in [-0.15, -0.1) is 0 Å². The zero-order valence-corrected chi connectivity index (χ0v) is 12.9. The number of rotatable bonds is 3. The van der Waals surface area contributed by atoms with E-state index in [1.54, 1.807) is 12.1 Å². The lowest BCUT2D eigenvalue weighted by Gasteiger charge is -2.28. The summed E-state index contributed by atoms with van der Waals surface area (Å²) in [7, 11) is 0. The summed E-state index contributed by atoms with van der Waals surface area (Å²) < 4.78 is 38.3. The lowest BCUT2D eigenvalue weighted by molar-refractivity contribution is -0.137. The van der Waals surface area contributed by atoms with Gasteiger partial charge >= 0.3 is 6.18 Å². The average Bonchev–Trinajstić information content (AvgIpc) is 2.57. The van der Waals surface area contributed by atoms with Crippen LogP contribution in [0.25, 0.3) is 11.1 Å². The number of hydrogen-bond donors (Lipinski definition) is 2. The van der Waals surface area contributed by atoms with Gasteiger partial charge in [-0.3, -0.25) is 4.98 Å². The van der Waals surface area contributed by atoms with E-state index >= 15 is 0 Å². The summed E-state index contributed by atoms with van der Waals surface area (Å²) in [5, 5.41) is 13.2. The van der Waals surface area contributed by atoms with Gasteiger partial charge in [0, 0.05) is 29.7 Å². The lowest BCUT2D eigenvalue weighted by Crippen LogP contribution is -2.36. The van der Waals surface area contributed by atoms with Crippen LogP contribution >= 0.6 is 0 Å². The maximum atomic E-state index is 12.8. The standard InChI is InChI=1S/C17H18F3N3O/c18-17(19,20)13-7-12(8-21-10-13)11-5-6-16(22-9-11)23-14-3-1-2-4-15(14)24/h5-10,14-15,24H,1-4H2,(H,22,23)/t14-,15-/m0/s1. The highest BCUT2D eigenvalue weighted by atomic mass is 19.4. The molecule has 0 bridgehead atoms. The van der Waals surface area contributed by atoms with Crippen molar-refractivity contribution < 1.29 is 18.3 Å². The predicted octanol–water partition coefficient (Wildman–Crippen LogP) is 3.88. The van der Waals surface area contributed by atoms with Crippen LogP contribution < -0.4 is 5.32 Å². The number of alkyl halides is 3. The second-order valence-electron chi connectivity index (χ2n) is 5.99. The zero-order chi connectivity index (χ0) is 17.2. The van der Waals surface area contributed by atoms with Crippen LogP contribution in [0.4, 0.5) is 19.0 Å². The molecule has 2 atom stereocenters. The minimum atomic E-state index is -4.42. The first-order valence-corrected chi connectivity index (χ1v) is 7.87. The summed E-state index contributed by atoms with van der Waals surface area (Å²) in [6.07, 6.45) is 2.60. The van der Waals surface area contributed by atoms with Crippen molar-refractivity contribution in [1.82, 2.24) is 9.97 Å². The Hall–Kier alpha value is -2.15. The number of hydrogen-bond acceptors (Lipinski definition) is 4.